The van der Waals surface area contributed by atoms with Gasteiger partial charge in [-0.3, -0.25) is 9.59 Å². The largest absolute Gasteiger partial charge is 0.491 e. The zero-order valence-electron chi connectivity index (χ0n) is 13.1. The Morgan fingerprint density at radius 2 is 2.18 bits per heavy atom. The van der Waals surface area contributed by atoms with E-state index in [9.17, 15) is 9.59 Å². The van der Waals surface area contributed by atoms with Gasteiger partial charge in [-0.05, 0) is 44.4 Å². The second-order valence-corrected chi connectivity index (χ2v) is 6.01. The van der Waals surface area contributed by atoms with Gasteiger partial charge in [-0.25, -0.2) is 0 Å². The lowest BCUT2D eigenvalue weighted by atomic mass is 9.97. The van der Waals surface area contributed by atoms with E-state index >= 15 is 0 Å². The van der Waals surface area contributed by atoms with Gasteiger partial charge in [0, 0.05) is 13.1 Å². The Kier molecular flexibility index (Phi) is 5.41. The van der Waals surface area contributed by atoms with E-state index in [1.165, 1.54) is 0 Å². The zero-order valence-corrected chi connectivity index (χ0v) is 13.1. The van der Waals surface area contributed by atoms with E-state index in [0.717, 1.165) is 17.7 Å². The summed E-state index contributed by atoms with van der Waals surface area (Å²) < 4.78 is 5.63. The van der Waals surface area contributed by atoms with E-state index in [-0.39, 0.29) is 18.4 Å². The van der Waals surface area contributed by atoms with Crippen molar-refractivity contribution in [3.05, 3.63) is 29.8 Å². The lowest BCUT2D eigenvalue weighted by molar-refractivity contribution is -0.145. The number of ether oxygens (including phenoxy) is 1. The molecule has 0 bridgehead atoms. The fourth-order valence-electron chi connectivity index (χ4n) is 2.69. The van der Waals surface area contributed by atoms with E-state index in [4.69, 9.17) is 9.84 Å². The molecule has 1 fully saturated rings. The van der Waals surface area contributed by atoms with Gasteiger partial charge in [0.1, 0.15) is 5.75 Å². The molecule has 0 aromatic heterocycles. The quantitative estimate of drug-likeness (QED) is 0.906. The molecule has 0 unspecified atom stereocenters. The minimum atomic E-state index is -0.815. The van der Waals surface area contributed by atoms with Gasteiger partial charge in [-0.2, -0.15) is 0 Å². The Morgan fingerprint density at radius 3 is 2.86 bits per heavy atom. The summed E-state index contributed by atoms with van der Waals surface area (Å²) >= 11 is 0. The molecule has 0 saturated carbocycles. The van der Waals surface area contributed by atoms with Gasteiger partial charge >= 0.3 is 5.97 Å². The molecular formula is C17H23NO4. The van der Waals surface area contributed by atoms with Crippen molar-refractivity contribution < 1.29 is 19.4 Å². The first-order valence-corrected chi connectivity index (χ1v) is 7.72. The predicted octanol–water partition coefficient (Wildman–Crippen LogP) is 2.34. The van der Waals surface area contributed by atoms with Gasteiger partial charge < -0.3 is 14.7 Å². The van der Waals surface area contributed by atoms with Crippen molar-refractivity contribution in [2.24, 2.45) is 5.92 Å². The number of piperidine rings is 1. The van der Waals surface area contributed by atoms with Crippen LogP contribution in [0.1, 0.15) is 32.3 Å². The topological polar surface area (TPSA) is 66.8 Å². The van der Waals surface area contributed by atoms with Crippen LogP contribution in [-0.4, -0.2) is 41.1 Å². The highest BCUT2D eigenvalue weighted by molar-refractivity contribution is 5.80. The van der Waals surface area contributed by atoms with Crippen LogP contribution in [0, 0.1) is 5.92 Å². The van der Waals surface area contributed by atoms with E-state index in [1.54, 1.807) is 4.90 Å². The van der Waals surface area contributed by atoms with Crippen LogP contribution >= 0.6 is 0 Å². The molecule has 1 aromatic rings. The third-order valence-electron chi connectivity index (χ3n) is 3.75. The number of carbonyl (C=O) groups is 2. The third-order valence-corrected chi connectivity index (χ3v) is 3.75. The number of aliphatic carboxylic acids is 1. The lowest BCUT2D eigenvalue weighted by Crippen LogP contribution is -2.42. The molecule has 0 aliphatic carbocycles. The fraction of sp³-hybridized carbons (Fsp3) is 0.529. The predicted molar refractivity (Wildman–Crippen MR) is 82.8 cm³/mol. The normalized spacial score (nSPS) is 18.3. The van der Waals surface area contributed by atoms with E-state index in [2.05, 4.69) is 0 Å². The highest BCUT2D eigenvalue weighted by atomic mass is 16.5. The third kappa shape index (κ3) is 4.48. The maximum atomic E-state index is 12.4. The van der Waals surface area contributed by atoms with Crippen LogP contribution in [0.15, 0.2) is 24.3 Å². The molecule has 0 spiro atoms. The molecule has 0 radical (unpaired) electrons. The molecule has 1 aliphatic heterocycles. The van der Waals surface area contributed by atoms with Crippen LogP contribution in [0.3, 0.4) is 0 Å². The first-order valence-electron chi connectivity index (χ1n) is 7.72. The van der Waals surface area contributed by atoms with Gasteiger partial charge in [0.25, 0.3) is 0 Å². The number of nitrogens with zero attached hydrogens (tertiary/aromatic N) is 1. The first-order chi connectivity index (χ1) is 10.5. The average molecular weight is 305 g/mol. The second-order valence-electron chi connectivity index (χ2n) is 6.01. The van der Waals surface area contributed by atoms with Crippen LogP contribution in [0.5, 0.6) is 5.75 Å². The Hall–Kier alpha value is -2.04. The molecule has 1 aliphatic rings. The van der Waals surface area contributed by atoms with E-state index in [1.807, 2.05) is 38.1 Å². The number of hydrogen-bond donors (Lipinski definition) is 1. The summed E-state index contributed by atoms with van der Waals surface area (Å²) in [5, 5.41) is 9.09. The van der Waals surface area contributed by atoms with Crippen molar-refractivity contribution in [3.8, 4) is 5.75 Å². The number of carboxylic acid groups (broad SMARTS) is 1. The zero-order chi connectivity index (χ0) is 16.1. The standard InChI is InChI=1S/C17H23NO4/c1-12(2)22-15-7-3-5-13(9-15)10-16(19)18-8-4-6-14(11-18)17(20)21/h3,5,7,9,12,14H,4,6,8,10-11H2,1-2H3,(H,20,21)/t14-/m0/s1. The Bertz CT molecular complexity index is 541. The molecule has 22 heavy (non-hydrogen) atoms. The van der Waals surface area contributed by atoms with Crippen molar-refractivity contribution in [2.75, 3.05) is 13.1 Å². The maximum absolute atomic E-state index is 12.4. The highest BCUT2D eigenvalue weighted by Crippen LogP contribution is 2.19. The summed E-state index contributed by atoms with van der Waals surface area (Å²) in [5.74, 6) is -0.520. The number of amides is 1. The summed E-state index contributed by atoms with van der Waals surface area (Å²) in [7, 11) is 0. The molecule has 1 aromatic carbocycles. The highest BCUT2D eigenvalue weighted by Gasteiger charge is 2.27. The summed E-state index contributed by atoms with van der Waals surface area (Å²) in [6.45, 7) is 4.87. The Balaban J connectivity index is 1.98. The van der Waals surface area contributed by atoms with E-state index in [0.29, 0.717) is 19.5 Å². The molecule has 120 valence electrons. The van der Waals surface area contributed by atoms with Crippen LogP contribution in [0.2, 0.25) is 0 Å². The SMILES string of the molecule is CC(C)Oc1cccc(CC(=O)N2CCC[C@H](C(=O)O)C2)c1. The molecule has 2 rings (SSSR count). The minimum absolute atomic E-state index is 0.0207. The number of rotatable bonds is 5. The molecular weight excluding hydrogens is 282 g/mol. The van der Waals surface area contributed by atoms with Crippen molar-refractivity contribution >= 4 is 11.9 Å². The first kappa shape index (κ1) is 16.3. The molecule has 1 heterocycles. The smallest absolute Gasteiger partial charge is 0.308 e. The van der Waals surface area contributed by atoms with E-state index < -0.39 is 11.9 Å². The van der Waals surface area contributed by atoms with Crippen LogP contribution < -0.4 is 4.74 Å². The number of carbonyl (C=O) groups excluding carboxylic acids is 1. The molecule has 1 N–H and O–H groups in total. The summed E-state index contributed by atoms with van der Waals surface area (Å²) in [6.07, 6.45) is 1.77. The summed E-state index contributed by atoms with van der Waals surface area (Å²) in [5.41, 5.74) is 0.889. The summed E-state index contributed by atoms with van der Waals surface area (Å²) in [4.78, 5) is 25.1. The summed E-state index contributed by atoms with van der Waals surface area (Å²) in [6, 6.07) is 7.51. The van der Waals surface area contributed by atoms with Gasteiger partial charge in [0.15, 0.2) is 0 Å². The molecule has 1 atom stereocenters. The second kappa shape index (κ2) is 7.29. The van der Waals surface area contributed by atoms with Crippen molar-refractivity contribution in [1.29, 1.82) is 0 Å². The maximum Gasteiger partial charge on any atom is 0.308 e. The molecule has 1 amide bonds. The number of carboxylic acids is 1. The van der Waals surface area contributed by atoms with Crippen LogP contribution in [-0.2, 0) is 16.0 Å². The van der Waals surface area contributed by atoms with Gasteiger partial charge in [0.05, 0.1) is 18.4 Å². The van der Waals surface area contributed by atoms with Gasteiger partial charge in [0.2, 0.25) is 5.91 Å². The molecule has 1 saturated heterocycles. The lowest BCUT2D eigenvalue weighted by Gasteiger charge is -2.30. The van der Waals surface area contributed by atoms with Crippen molar-refractivity contribution in [2.45, 2.75) is 39.2 Å². The Morgan fingerprint density at radius 1 is 1.41 bits per heavy atom. The van der Waals surface area contributed by atoms with Crippen molar-refractivity contribution in [1.82, 2.24) is 4.90 Å². The Labute approximate surface area is 130 Å². The minimum Gasteiger partial charge on any atom is -0.491 e. The number of likely N-dealkylation sites (tertiary alicyclic amines) is 1. The van der Waals surface area contributed by atoms with Crippen LogP contribution in [0.25, 0.3) is 0 Å². The number of hydrogen-bond acceptors (Lipinski definition) is 3. The monoisotopic (exact) mass is 305 g/mol. The average Bonchev–Trinajstić information content (AvgIpc) is 2.47. The van der Waals surface area contributed by atoms with Crippen molar-refractivity contribution in [3.63, 3.8) is 0 Å². The molecule has 5 nitrogen and oxygen atoms in total. The molecule has 5 heteroatoms. The van der Waals surface area contributed by atoms with Gasteiger partial charge in [-0.1, -0.05) is 12.1 Å². The van der Waals surface area contributed by atoms with Gasteiger partial charge in [-0.15, -0.1) is 0 Å². The fourth-order valence-corrected chi connectivity index (χ4v) is 2.69. The van der Waals surface area contributed by atoms with Crippen LogP contribution in [0.4, 0.5) is 0 Å². The number of benzene rings is 1.